The van der Waals surface area contributed by atoms with E-state index < -0.39 is 6.09 Å². The molecule has 5 nitrogen and oxygen atoms in total. The Hall–Kier alpha value is -3.08. The van der Waals surface area contributed by atoms with Crippen LogP contribution >= 0.6 is 0 Å². The maximum atomic E-state index is 12.2. The number of nitrogens with one attached hydrogen (secondary N) is 1. The van der Waals surface area contributed by atoms with Crippen molar-refractivity contribution in [2.45, 2.75) is 6.04 Å². The molecule has 0 aromatic heterocycles. The molecule has 2 aromatic carbocycles. The first kappa shape index (κ1) is 14.8. The Morgan fingerprint density at radius 1 is 1.09 bits per heavy atom. The number of carbonyl (C=O) groups is 2. The third-order valence-corrected chi connectivity index (χ3v) is 3.47. The van der Waals surface area contributed by atoms with Crippen LogP contribution in [-0.4, -0.2) is 29.7 Å². The van der Waals surface area contributed by atoms with E-state index in [0.717, 1.165) is 5.56 Å². The maximum absolute atomic E-state index is 12.2. The summed E-state index contributed by atoms with van der Waals surface area (Å²) >= 11 is 0. The third kappa shape index (κ3) is 3.58. The molecule has 2 aromatic rings. The predicted octanol–water partition coefficient (Wildman–Crippen LogP) is 2.87. The average molecular weight is 308 g/mol. The van der Waals surface area contributed by atoms with Crippen molar-refractivity contribution in [1.29, 1.82) is 0 Å². The van der Waals surface area contributed by atoms with Crippen molar-refractivity contribution in [3.63, 3.8) is 0 Å². The number of hydrazine groups is 1. The summed E-state index contributed by atoms with van der Waals surface area (Å²) in [5.41, 5.74) is 4.10. The van der Waals surface area contributed by atoms with Crippen molar-refractivity contribution in [2.24, 2.45) is 0 Å². The van der Waals surface area contributed by atoms with Crippen LogP contribution in [0.4, 0.5) is 4.79 Å². The molecule has 3 rings (SSSR count). The molecule has 0 saturated carbocycles. The Morgan fingerprint density at radius 2 is 1.74 bits per heavy atom. The molecule has 1 aliphatic heterocycles. The van der Waals surface area contributed by atoms with Gasteiger partial charge < -0.3 is 4.74 Å². The minimum absolute atomic E-state index is 0.206. The number of ether oxygens (including phenoxy) is 1. The number of amides is 2. The summed E-state index contributed by atoms with van der Waals surface area (Å²) in [5.74, 6) is -0.345. The van der Waals surface area contributed by atoms with Gasteiger partial charge in [0, 0.05) is 5.56 Å². The Morgan fingerprint density at radius 3 is 2.43 bits per heavy atom. The van der Waals surface area contributed by atoms with E-state index >= 15 is 0 Å². The molecule has 116 valence electrons. The first-order chi connectivity index (χ1) is 11.2. The second kappa shape index (κ2) is 6.79. The normalized spacial score (nSPS) is 17.3. The molecule has 5 heteroatoms. The third-order valence-electron chi connectivity index (χ3n) is 3.47. The van der Waals surface area contributed by atoms with Gasteiger partial charge in [0.15, 0.2) is 0 Å². The quantitative estimate of drug-likeness (QED) is 0.945. The van der Waals surface area contributed by atoms with Gasteiger partial charge in [-0.2, -0.15) is 0 Å². The van der Waals surface area contributed by atoms with E-state index in [1.165, 1.54) is 5.01 Å². The molecular formula is C18H16N2O3. The highest BCUT2D eigenvalue weighted by Crippen LogP contribution is 2.13. The van der Waals surface area contributed by atoms with Crippen LogP contribution < -0.4 is 5.43 Å². The molecule has 1 N–H and O–H groups in total. The monoisotopic (exact) mass is 308 g/mol. The van der Waals surface area contributed by atoms with Crippen molar-refractivity contribution in [2.75, 3.05) is 6.61 Å². The molecule has 1 fully saturated rings. The fraction of sp³-hybridized carbons (Fsp3) is 0.111. The zero-order valence-corrected chi connectivity index (χ0v) is 12.4. The molecule has 0 aliphatic carbocycles. The van der Waals surface area contributed by atoms with Gasteiger partial charge in [0.1, 0.15) is 12.6 Å². The van der Waals surface area contributed by atoms with Crippen LogP contribution in [0.3, 0.4) is 0 Å². The van der Waals surface area contributed by atoms with Crippen LogP contribution in [-0.2, 0) is 4.74 Å². The first-order valence-electron chi connectivity index (χ1n) is 7.29. The van der Waals surface area contributed by atoms with Crippen LogP contribution in [0.2, 0.25) is 0 Å². The van der Waals surface area contributed by atoms with Gasteiger partial charge in [-0.1, -0.05) is 60.7 Å². The van der Waals surface area contributed by atoms with Gasteiger partial charge in [0.25, 0.3) is 5.91 Å². The molecule has 1 atom stereocenters. The molecule has 0 bridgehead atoms. The number of nitrogens with zero attached hydrogens (tertiary/aromatic N) is 1. The van der Waals surface area contributed by atoms with E-state index in [-0.39, 0.29) is 18.6 Å². The highest BCUT2D eigenvalue weighted by atomic mass is 16.6. The Kier molecular flexibility index (Phi) is 4.38. The number of carbonyl (C=O) groups excluding carboxylic acids is 2. The summed E-state index contributed by atoms with van der Waals surface area (Å²) in [4.78, 5) is 24.0. The summed E-state index contributed by atoms with van der Waals surface area (Å²) in [6.45, 7) is 0.206. The molecule has 1 saturated heterocycles. The minimum atomic E-state index is -0.558. The summed E-state index contributed by atoms with van der Waals surface area (Å²) in [7, 11) is 0. The minimum Gasteiger partial charge on any atom is -0.446 e. The van der Waals surface area contributed by atoms with Crippen molar-refractivity contribution in [3.8, 4) is 0 Å². The van der Waals surface area contributed by atoms with Gasteiger partial charge in [0.05, 0.1) is 0 Å². The second-order valence-electron chi connectivity index (χ2n) is 5.09. The van der Waals surface area contributed by atoms with E-state index in [2.05, 4.69) is 5.43 Å². The van der Waals surface area contributed by atoms with E-state index in [4.69, 9.17) is 4.74 Å². The molecule has 1 aliphatic rings. The summed E-state index contributed by atoms with van der Waals surface area (Å²) < 4.78 is 5.02. The van der Waals surface area contributed by atoms with Crippen LogP contribution in [0.25, 0.3) is 6.08 Å². The smallest absolute Gasteiger partial charge is 0.429 e. The number of hydrogen-bond donors (Lipinski definition) is 1. The molecule has 1 unspecified atom stereocenters. The lowest BCUT2D eigenvalue weighted by molar-refractivity contribution is 0.0813. The SMILES string of the molecule is O=C(NN1C(=O)OCC1/C=C/c1ccccc1)c1ccccc1. The van der Waals surface area contributed by atoms with Crippen LogP contribution in [0.5, 0.6) is 0 Å². The highest BCUT2D eigenvalue weighted by Gasteiger charge is 2.32. The Bertz CT molecular complexity index is 714. The van der Waals surface area contributed by atoms with Gasteiger partial charge in [-0.25, -0.2) is 9.80 Å². The van der Waals surface area contributed by atoms with Gasteiger partial charge in [-0.05, 0) is 17.7 Å². The van der Waals surface area contributed by atoms with Crippen molar-refractivity contribution >= 4 is 18.1 Å². The summed E-state index contributed by atoms with van der Waals surface area (Å²) in [5, 5.41) is 1.22. The lowest BCUT2D eigenvalue weighted by Crippen LogP contribution is -2.47. The molecule has 0 spiro atoms. The molecule has 1 heterocycles. The average Bonchev–Trinajstić information content (AvgIpc) is 2.95. The fourth-order valence-corrected chi connectivity index (χ4v) is 2.26. The van der Waals surface area contributed by atoms with E-state index in [0.29, 0.717) is 5.56 Å². The van der Waals surface area contributed by atoms with Gasteiger partial charge in [-0.15, -0.1) is 0 Å². The lowest BCUT2D eigenvalue weighted by Gasteiger charge is -2.19. The van der Waals surface area contributed by atoms with E-state index in [1.54, 1.807) is 24.3 Å². The van der Waals surface area contributed by atoms with Crippen LogP contribution in [0, 0.1) is 0 Å². The number of cyclic esters (lactones) is 1. The zero-order valence-electron chi connectivity index (χ0n) is 12.4. The first-order valence-corrected chi connectivity index (χ1v) is 7.29. The Balaban J connectivity index is 1.70. The van der Waals surface area contributed by atoms with Gasteiger partial charge in [-0.3, -0.25) is 10.2 Å². The number of rotatable bonds is 4. The number of benzene rings is 2. The summed E-state index contributed by atoms with van der Waals surface area (Å²) in [6, 6.07) is 18.1. The topological polar surface area (TPSA) is 58.6 Å². The molecule has 23 heavy (non-hydrogen) atoms. The fourth-order valence-electron chi connectivity index (χ4n) is 2.26. The van der Waals surface area contributed by atoms with E-state index in [9.17, 15) is 9.59 Å². The predicted molar refractivity (Wildman–Crippen MR) is 86.4 cm³/mol. The Labute approximate surface area is 134 Å². The van der Waals surface area contributed by atoms with Crippen molar-refractivity contribution < 1.29 is 14.3 Å². The van der Waals surface area contributed by atoms with Crippen molar-refractivity contribution in [3.05, 3.63) is 77.9 Å². The van der Waals surface area contributed by atoms with Crippen LogP contribution in [0.1, 0.15) is 15.9 Å². The van der Waals surface area contributed by atoms with Crippen molar-refractivity contribution in [1.82, 2.24) is 10.4 Å². The number of hydrogen-bond acceptors (Lipinski definition) is 3. The molecular weight excluding hydrogens is 292 g/mol. The summed E-state index contributed by atoms with van der Waals surface area (Å²) in [6.07, 6.45) is 3.18. The molecule has 0 radical (unpaired) electrons. The molecule has 2 amide bonds. The highest BCUT2D eigenvalue weighted by molar-refractivity contribution is 5.95. The second-order valence-corrected chi connectivity index (χ2v) is 5.09. The van der Waals surface area contributed by atoms with E-state index in [1.807, 2.05) is 48.6 Å². The lowest BCUT2D eigenvalue weighted by atomic mass is 10.2. The van der Waals surface area contributed by atoms with Gasteiger partial charge >= 0.3 is 6.09 Å². The zero-order chi connectivity index (χ0) is 16.1. The van der Waals surface area contributed by atoms with Gasteiger partial charge in [0.2, 0.25) is 0 Å². The maximum Gasteiger partial charge on any atom is 0.429 e. The largest absolute Gasteiger partial charge is 0.446 e. The van der Waals surface area contributed by atoms with Crippen LogP contribution in [0.15, 0.2) is 66.7 Å². The standard InChI is InChI=1S/C18H16N2O3/c21-17(15-9-5-2-6-10-15)19-20-16(13-23-18(20)22)12-11-14-7-3-1-4-8-14/h1-12,16H,13H2,(H,19,21)/b12-11+.